The summed E-state index contributed by atoms with van der Waals surface area (Å²) in [5.41, 5.74) is 2.22. The highest BCUT2D eigenvalue weighted by molar-refractivity contribution is 5.97. The van der Waals surface area contributed by atoms with Crippen LogP contribution in [0.15, 0.2) is 48.5 Å². The molecule has 0 radical (unpaired) electrons. The summed E-state index contributed by atoms with van der Waals surface area (Å²) in [5, 5.41) is 16.4. The lowest BCUT2D eigenvalue weighted by Crippen LogP contribution is -2.50. The van der Waals surface area contributed by atoms with E-state index in [1.807, 2.05) is 48.5 Å². The van der Waals surface area contributed by atoms with Crippen molar-refractivity contribution in [2.45, 2.75) is 18.4 Å². The monoisotopic (exact) mass is 336 g/mol. The quantitative estimate of drug-likeness (QED) is 0.591. The number of hydrogen-bond donors (Lipinski definition) is 4. The van der Waals surface area contributed by atoms with Crippen molar-refractivity contribution in [2.75, 3.05) is 18.4 Å². The zero-order chi connectivity index (χ0) is 17.3. The minimum absolute atomic E-state index is 0.342. The van der Waals surface area contributed by atoms with Gasteiger partial charge in [0, 0.05) is 11.3 Å². The first-order valence-electron chi connectivity index (χ1n) is 8.44. The maximum atomic E-state index is 12.4. The van der Waals surface area contributed by atoms with Crippen molar-refractivity contribution in [1.82, 2.24) is 15.3 Å². The second kappa shape index (κ2) is 6.31. The van der Waals surface area contributed by atoms with Crippen LogP contribution in [0.25, 0.3) is 22.4 Å². The van der Waals surface area contributed by atoms with Crippen molar-refractivity contribution in [3.05, 3.63) is 48.5 Å². The average molecular weight is 336 g/mol. The summed E-state index contributed by atoms with van der Waals surface area (Å²) in [6.07, 6.45) is 0.853. The Bertz CT molecular complexity index is 862. The van der Waals surface area contributed by atoms with E-state index in [1.54, 1.807) is 0 Å². The molecule has 1 aromatic heterocycles. The maximum absolute atomic E-state index is 12.4. The first-order valence-corrected chi connectivity index (χ1v) is 8.44. The second-order valence-corrected chi connectivity index (χ2v) is 6.42. The van der Waals surface area contributed by atoms with Gasteiger partial charge in [-0.25, -0.2) is 4.98 Å². The van der Waals surface area contributed by atoms with Crippen LogP contribution in [0.1, 0.15) is 12.8 Å². The molecule has 6 heteroatoms. The molecule has 1 saturated heterocycles. The molecule has 6 nitrogen and oxygen atoms in total. The van der Waals surface area contributed by atoms with Crippen LogP contribution >= 0.6 is 0 Å². The van der Waals surface area contributed by atoms with Gasteiger partial charge in [0.25, 0.3) is 5.91 Å². The highest BCUT2D eigenvalue weighted by atomic mass is 16.3. The lowest BCUT2D eigenvalue weighted by Gasteiger charge is -2.31. The standard InChI is InChI=1S/C19H20N4O2/c24-18(19(25)9-11-20-12-10-19)21-14-7-5-13(6-8-14)17-22-15-3-1-2-4-16(15)23-17/h1-8,20,25H,9-12H2,(H,21,24)(H,22,23). The molecule has 4 N–H and O–H groups in total. The Balaban J connectivity index is 1.51. The summed E-state index contributed by atoms with van der Waals surface area (Å²) < 4.78 is 0. The van der Waals surface area contributed by atoms with Crippen molar-refractivity contribution in [2.24, 2.45) is 0 Å². The molecule has 0 saturated carbocycles. The van der Waals surface area contributed by atoms with Crippen LogP contribution in [-0.4, -0.2) is 39.7 Å². The van der Waals surface area contributed by atoms with Crippen molar-refractivity contribution in [3.8, 4) is 11.4 Å². The molecule has 1 fully saturated rings. The Labute approximate surface area is 145 Å². The zero-order valence-electron chi connectivity index (χ0n) is 13.7. The van der Waals surface area contributed by atoms with Crippen LogP contribution in [0.4, 0.5) is 5.69 Å². The second-order valence-electron chi connectivity index (χ2n) is 6.42. The number of benzene rings is 2. The number of imidazole rings is 1. The van der Waals surface area contributed by atoms with Gasteiger partial charge in [-0.3, -0.25) is 4.79 Å². The van der Waals surface area contributed by atoms with Gasteiger partial charge in [-0.1, -0.05) is 12.1 Å². The number of anilines is 1. The summed E-state index contributed by atoms with van der Waals surface area (Å²) in [4.78, 5) is 20.2. The fourth-order valence-electron chi connectivity index (χ4n) is 3.12. The van der Waals surface area contributed by atoms with Crippen LogP contribution in [0.3, 0.4) is 0 Å². The van der Waals surface area contributed by atoms with Crippen molar-refractivity contribution in [1.29, 1.82) is 0 Å². The third kappa shape index (κ3) is 3.14. The molecule has 3 aromatic rings. The number of carbonyl (C=O) groups excluding carboxylic acids is 1. The normalized spacial score (nSPS) is 16.7. The molecule has 1 aliphatic heterocycles. The predicted octanol–water partition coefficient (Wildman–Crippen LogP) is 2.28. The molecular formula is C19H20N4O2. The van der Waals surface area contributed by atoms with Gasteiger partial charge in [-0.2, -0.15) is 0 Å². The molecule has 1 aliphatic rings. The number of aromatic amines is 1. The van der Waals surface area contributed by atoms with Gasteiger partial charge in [0.15, 0.2) is 0 Å². The third-order valence-electron chi connectivity index (χ3n) is 4.66. The number of hydrogen-bond acceptors (Lipinski definition) is 4. The summed E-state index contributed by atoms with van der Waals surface area (Å²) in [5.74, 6) is 0.446. The van der Waals surface area contributed by atoms with E-state index in [0.717, 1.165) is 22.4 Å². The van der Waals surface area contributed by atoms with E-state index < -0.39 is 5.60 Å². The molecule has 2 heterocycles. The molecule has 128 valence electrons. The number of nitrogens with one attached hydrogen (secondary N) is 3. The Morgan fingerprint density at radius 3 is 2.52 bits per heavy atom. The van der Waals surface area contributed by atoms with Gasteiger partial charge in [-0.05, 0) is 62.3 Å². The SMILES string of the molecule is O=C(Nc1ccc(-c2nc3ccccc3[nH]2)cc1)C1(O)CCNCC1. The van der Waals surface area contributed by atoms with E-state index in [0.29, 0.717) is 31.6 Å². The van der Waals surface area contributed by atoms with Gasteiger partial charge in [-0.15, -0.1) is 0 Å². The predicted molar refractivity (Wildman–Crippen MR) is 97.2 cm³/mol. The van der Waals surface area contributed by atoms with E-state index in [2.05, 4.69) is 20.6 Å². The van der Waals surface area contributed by atoms with Crippen molar-refractivity contribution >= 4 is 22.6 Å². The molecule has 25 heavy (non-hydrogen) atoms. The summed E-state index contributed by atoms with van der Waals surface area (Å²) in [6.45, 7) is 1.30. The van der Waals surface area contributed by atoms with E-state index in [4.69, 9.17) is 0 Å². The van der Waals surface area contributed by atoms with E-state index in [-0.39, 0.29) is 5.91 Å². The van der Waals surface area contributed by atoms with Crippen LogP contribution in [0.5, 0.6) is 0 Å². The number of amides is 1. The third-order valence-corrected chi connectivity index (χ3v) is 4.66. The molecule has 0 unspecified atom stereocenters. The molecule has 1 amide bonds. The van der Waals surface area contributed by atoms with Crippen molar-refractivity contribution in [3.63, 3.8) is 0 Å². The molecule has 4 rings (SSSR count). The number of piperidine rings is 1. The zero-order valence-corrected chi connectivity index (χ0v) is 13.7. The fourth-order valence-corrected chi connectivity index (χ4v) is 3.12. The van der Waals surface area contributed by atoms with Gasteiger partial charge < -0.3 is 20.7 Å². The number of aromatic nitrogens is 2. The Morgan fingerprint density at radius 2 is 1.80 bits per heavy atom. The van der Waals surface area contributed by atoms with E-state index >= 15 is 0 Å². The number of carbonyl (C=O) groups is 1. The summed E-state index contributed by atoms with van der Waals surface area (Å²) in [6, 6.07) is 15.3. The molecule has 0 aliphatic carbocycles. The van der Waals surface area contributed by atoms with E-state index in [1.165, 1.54) is 0 Å². The maximum Gasteiger partial charge on any atom is 0.256 e. The van der Waals surface area contributed by atoms with Gasteiger partial charge in [0.05, 0.1) is 11.0 Å². The number of rotatable bonds is 3. The number of fused-ring (bicyclic) bond motifs is 1. The largest absolute Gasteiger partial charge is 0.380 e. The Morgan fingerprint density at radius 1 is 1.08 bits per heavy atom. The topological polar surface area (TPSA) is 90.0 Å². The van der Waals surface area contributed by atoms with E-state index in [9.17, 15) is 9.90 Å². The molecule has 0 bridgehead atoms. The smallest absolute Gasteiger partial charge is 0.256 e. The lowest BCUT2D eigenvalue weighted by atomic mass is 9.91. The lowest BCUT2D eigenvalue weighted by molar-refractivity contribution is -0.136. The van der Waals surface area contributed by atoms with Crippen LogP contribution in [-0.2, 0) is 4.79 Å². The minimum Gasteiger partial charge on any atom is -0.380 e. The average Bonchev–Trinajstić information content (AvgIpc) is 3.07. The number of H-pyrrole nitrogens is 1. The number of aliphatic hydroxyl groups is 1. The van der Waals surface area contributed by atoms with Gasteiger partial charge >= 0.3 is 0 Å². The summed E-state index contributed by atoms with van der Waals surface area (Å²) >= 11 is 0. The van der Waals surface area contributed by atoms with Crippen LogP contribution in [0.2, 0.25) is 0 Å². The van der Waals surface area contributed by atoms with Crippen LogP contribution in [0, 0.1) is 0 Å². The Hall–Kier alpha value is -2.70. The highest BCUT2D eigenvalue weighted by Gasteiger charge is 2.37. The molecule has 0 atom stereocenters. The minimum atomic E-state index is -1.29. The van der Waals surface area contributed by atoms with Crippen LogP contribution < -0.4 is 10.6 Å². The number of para-hydroxylation sites is 2. The van der Waals surface area contributed by atoms with Gasteiger partial charge in [0.2, 0.25) is 0 Å². The van der Waals surface area contributed by atoms with Crippen molar-refractivity contribution < 1.29 is 9.90 Å². The Kier molecular flexibility index (Phi) is 3.99. The summed E-state index contributed by atoms with van der Waals surface area (Å²) in [7, 11) is 0. The fraction of sp³-hybridized carbons (Fsp3) is 0.263. The first kappa shape index (κ1) is 15.8. The molecule has 0 spiro atoms. The number of nitrogens with zero attached hydrogens (tertiary/aromatic N) is 1. The first-order chi connectivity index (χ1) is 12.1. The van der Waals surface area contributed by atoms with Gasteiger partial charge in [0.1, 0.15) is 11.4 Å². The highest BCUT2D eigenvalue weighted by Crippen LogP contribution is 2.24. The molecular weight excluding hydrogens is 316 g/mol. The molecule has 2 aromatic carbocycles.